The van der Waals surface area contributed by atoms with Crippen LogP contribution in [0.1, 0.15) is 88.1 Å². The number of fused-ring (bicyclic) bond motifs is 1. The minimum Gasteiger partial charge on any atom is -0.494 e. The number of piperidine rings is 1. The molecule has 0 spiro atoms. The number of nitrogens with two attached hydrogens (primary N) is 2. The minimum absolute atomic E-state index is 0.0590. The average molecular weight is 648 g/mol. The molecule has 0 aliphatic carbocycles. The summed E-state index contributed by atoms with van der Waals surface area (Å²) < 4.78 is 15.5. The van der Waals surface area contributed by atoms with Crippen LogP contribution in [-0.2, 0) is 23.1 Å². The summed E-state index contributed by atoms with van der Waals surface area (Å²) in [5.74, 6) is 1.75. The van der Waals surface area contributed by atoms with Crippen molar-refractivity contribution in [1.82, 2.24) is 19.0 Å². The molecule has 2 amide bonds. The average Bonchev–Trinajstić information content (AvgIpc) is 3.57. The number of nitrogens with zero attached hydrogens (tertiary/aromatic N) is 5. The summed E-state index contributed by atoms with van der Waals surface area (Å²) in [4.78, 5) is 36.7. The molecular formula is C36H53N7O4. The first-order valence-corrected chi connectivity index (χ1v) is 16.8. The number of hydrogen-bond donors (Lipinski definition) is 2. The second kappa shape index (κ2) is 15.8. The lowest BCUT2D eigenvalue weighted by atomic mass is 9.86. The molecule has 11 heteroatoms. The van der Waals surface area contributed by atoms with E-state index < -0.39 is 5.41 Å². The lowest BCUT2D eigenvalue weighted by Crippen LogP contribution is -2.53. The number of primary amides is 1. The summed E-state index contributed by atoms with van der Waals surface area (Å²) in [6.07, 6.45) is 11.5. The van der Waals surface area contributed by atoms with E-state index in [0.717, 1.165) is 79.9 Å². The van der Waals surface area contributed by atoms with Crippen LogP contribution in [0.4, 0.5) is 5.82 Å². The highest BCUT2D eigenvalue weighted by Crippen LogP contribution is 2.37. The van der Waals surface area contributed by atoms with Crippen molar-refractivity contribution in [3.63, 3.8) is 0 Å². The molecule has 1 aliphatic rings. The molecule has 11 nitrogen and oxygen atoms in total. The summed E-state index contributed by atoms with van der Waals surface area (Å²) in [6, 6.07) is 5.51. The Hall–Kier alpha value is -3.96. The number of likely N-dealkylation sites (tertiary alicyclic amines) is 1. The number of amides is 2. The van der Waals surface area contributed by atoms with Gasteiger partial charge < -0.3 is 35.0 Å². The van der Waals surface area contributed by atoms with Crippen molar-refractivity contribution in [2.45, 2.75) is 90.8 Å². The van der Waals surface area contributed by atoms with E-state index >= 15 is 0 Å². The fourth-order valence-electron chi connectivity index (χ4n) is 6.40. The number of imidazole rings is 1. The number of hydrogen-bond acceptors (Lipinski definition) is 7. The van der Waals surface area contributed by atoms with Crippen LogP contribution in [0.3, 0.4) is 0 Å². The van der Waals surface area contributed by atoms with E-state index in [9.17, 15) is 9.59 Å². The van der Waals surface area contributed by atoms with Crippen molar-refractivity contribution in [1.29, 1.82) is 0 Å². The Labute approximate surface area is 279 Å². The van der Waals surface area contributed by atoms with Crippen molar-refractivity contribution >= 4 is 41.5 Å². The van der Waals surface area contributed by atoms with Crippen LogP contribution in [0.2, 0.25) is 0 Å². The molecule has 1 aliphatic heterocycles. The van der Waals surface area contributed by atoms with Crippen LogP contribution in [0.15, 0.2) is 29.3 Å². The van der Waals surface area contributed by atoms with Gasteiger partial charge in [-0.2, -0.15) is 0 Å². The zero-order valence-electron chi connectivity index (χ0n) is 29.1. The van der Waals surface area contributed by atoms with Crippen molar-refractivity contribution in [3.8, 4) is 17.3 Å². The van der Waals surface area contributed by atoms with Gasteiger partial charge in [-0.3, -0.25) is 9.59 Å². The van der Waals surface area contributed by atoms with Gasteiger partial charge in [-0.05, 0) is 50.6 Å². The Morgan fingerprint density at radius 1 is 1.17 bits per heavy atom. The summed E-state index contributed by atoms with van der Waals surface area (Å²) in [6.45, 7) is 11.6. The first kappa shape index (κ1) is 35.9. The van der Waals surface area contributed by atoms with Gasteiger partial charge in [0.05, 0.1) is 24.4 Å². The van der Waals surface area contributed by atoms with Crippen LogP contribution in [0.25, 0.3) is 28.6 Å². The number of carbonyl (C=O) groups excluding carboxylic acids is 2. The highest BCUT2D eigenvalue weighted by molar-refractivity contribution is 6.00. The third kappa shape index (κ3) is 7.96. The maximum Gasteiger partial charge on any atom is 0.254 e. The number of ether oxygens (including phenoxy) is 2. The lowest BCUT2D eigenvalue weighted by Gasteiger charge is -2.36. The van der Waals surface area contributed by atoms with Crippen LogP contribution in [0.5, 0.6) is 5.75 Å². The molecule has 2 atom stereocenters. The van der Waals surface area contributed by atoms with Gasteiger partial charge in [-0.1, -0.05) is 58.6 Å². The van der Waals surface area contributed by atoms with E-state index in [1.807, 2.05) is 31.5 Å². The molecule has 0 radical (unpaired) electrons. The monoisotopic (exact) mass is 647 g/mol. The Bertz CT molecular complexity index is 1600. The number of methoxy groups -OCH3 is 2. The molecule has 2 unspecified atom stereocenters. The van der Waals surface area contributed by atoms with Gasteiger partial charge >= 0.3 is 0 Å². The van der Waals surface area contributed by atoms with Gasteiger partial charge in [0, 0.05) is 56.4 Å². The highest BCUT2D eigenvalue weighted by Gasteiger charge is 2.31. The largest absolute Gasteiger partial charge is 0.494 e. The Morgan fingerprint density at radius 3 is 2.55 bits per heavy atom. The summed E-state index contributed by atoms with van der Waals surface area (Å²) in [7, 11) is 5.23. The number of rotatable bonds is 16. The lowest BCUT2D eigenvalue weighted by molar-refractivity contribution is -0.126. The fourth-order valence-corrected chi connectivity index (χ4v) is 6.40. The Kier molecular flexibility index (Phi) is 12.0. The minimum atomic E-state index is -0.493. The zero-order valence-corrected chi connectivity index (χ0v) is 29.1. The van der Waals surface area contributed by atoms with E-state index in [0.29, 0.717) is 36.3 Å². The third-order valence-corrected chi connectivity index (χ3v) is 9.41. The quantitative estimate of drug-likeness (QED) is 0.148. The molecule has 1 aromatic carbocycles. The summed E-state index contributed by atoms with van der Waals surface area (Å²) in [5, 5.41) is 0. The third-order valence-electron chi connectivity index (χ3n) is 9.41. The smallest absolute Gasteiger partial charge is 0.254 e. The SMILES string of the molecule is C=Nc1c(/C=C\CCC)cc(-c2nc3cc(C(=O)N4CCC(OC)C(N)C4)cc(OC)c3n2C)n1CCCCCCC(C)(C)C(N)=O. The van der Waals surface area contributed by atoms with Crippen molar-refractivity contribution in [2.24, 2.45) is 28.9 Å². The second-order valence-electron chi connectivity index (χ2n) is 13.2. The molecule has 256 valence electrons. The molecule has 0 saturated carbocycles. The van der Waals surface area contributed by atoms with Crippen LogP contribution < -0.4 is 16.2 Å². The van der Waals surface area contributed by atoms with E-state index in [1.54, 1.807) is 25.2 Å². The van der Waals surface area contributed by atoms with Gasteiger partial charge in [0.2, 0.25) is 5.91 Å². The van der Waals surface area contributed by atoms with Gasteiger partial charge in [0.25, 0.3) is 5.91 Å². The molecule has 2 aromatic heterocycles. The molecule has 1 fully saturated rings. The van der Waals surface area contributed by atoms with E-state index in [2.05, 4.69) is 41.4 Å². The van der Waals surface area contributed by atoms with Crippen LogP contribution in [-0.4, -0.2) is 77.0 Å². The predicted molar refractivity (Wildman–Crippen MR) is 189 cm³/mol. The molecule has 47 heavy (non-hydrogen) atoms. The van der Waals surface area contributed by atoms with Crippen LogP contribution >= 0.6 is 0 Å². The van der Waals surface area contributed by atoms with Gasteiger partial charge in [-0.15, -0.1) is 0 Å². The Balaban J connectivity index is 1.67. The van der Waals surface area contributed by atoms with E-state index in [4.69, 9.17) is 25.9 Å². The van der Waals surface area contributed by atoms with Crippen molar-refractivity contribution in [2.75, 3.05) is 27.3 Å². The summed E-state index contributed by atoms with van der Waals surface area (Å²) in [5.41, 5.74) is 15.2. The van der Waals surface area contributed by atoms with Crippen molar-refractivity contribution in [3.05, 3.63) is 35.4 Å². The van der Waals surface area contributed by atoms with Gasteiger partial charge in [-0.25, -0.2) is 9.98 Å². The molecule has 4 N–H and O–H groups in total. The fraction of sp³-hybridized carbons (Fsp3) is 0.556. The maximum atomic E-state index is 13.6. The molecular weight excluding hydrogens is 594 g/mol. The van der Waals surface area contributed by atoms with Gasteiger partial charge in [0.15, 0.2) is 5.82 Å². The molecule has 0 bridgehead atoms. The number of carbonyl (C=O) groups is 2. The predicted octanol–water partition coefficient (Wildman–Crippen LogP) is 5.85. The molecule has 3 heterocycles. The number of aliphatic imine (C=N–C) groups is 1. The molecule has 1 saturated heterocycles. The van der Waals surface area contributed by atoms with Crippen LogP contribution in [0, 0.1) is 5.41 Å². The van der Waals surface area contributed by atoms with E-state index in [1.165, 1.54) is 0 Å². The van der Waals surface area contributed by atoms with E-state index in [-0.39, 0.29) is 24.0 Å². The summed E-state index contributed by atoms with van der Waals surface area (Å²) >= 11 is 0. The number of aryl methyl sites for hydroxylation is 1. The maximum absolute atomic E-state index is 13.6. The first-order chi connectivity index (χ1) is 22.5. The Morgan fingerprint density at radius 2 is 1.91 bits per heavy atom. The zero-order chi connectivity index (χ0) is 34.3. The van der Waals surface area contributed by atoms with Crippen molar-refractivity contribution < 1.29 is 19.1 Å². The number of benzene rings is 1. The first-order valence-electron chi connectivity index (χ1n) is 16.8. The highest BCUT2D eigenvalue weighted by atomic mass is 16.5. The topological polar surface area (TPSA) is 143 Å². The standard InChI is InChI=1S/C36H53N7O4/c1-8-9-12-15-24-21-28(43(32(24)39-4)18-14-11-10-13-17-36(2,3)35(38)45)33-40-27-20-25(22-30(47-7)31(27)41(33)5)34(44)42-19-16-29(46-6)26(37)23-42/h12,15,20-22,26,29H,4,8-11,13-14,16-19,23,37H2,1-3,5-7H3,(H2,38,45)/b15-12-. The number of aromatic nitrogens is 3. The molecule has 4 rings (SSSR count). The molecule has 3 aromatic rings. The number of allylic oxidation sites excluding steroid dienone is 1. The normalized spacial score (nSPS) is 17.1. The van der Waals surface area contributed by atoms with Gasteiger partial charge in [0.1, 0.15) is 17.1 Å². The second-order valence-corrected chi connectivity index (χ2v) is 13.2. The number of unbranched alkanes of at least 4 members (excludes halogenated alkanes) is 4.